The molecule has 6 nitrogen and oxygen atoms in total. The summed E-state index contributed by atoms with van der Waals surface area (Å²) in [5, 5.41) is 3.25. The van der Waals surface area contributed by atoms with Gasteiger partial charge in [-0.05, 0) is 44.2 Å². The third-order valence-corrected chi connectivity index (χ3v) is 4.39. The van der Waals surface area contributed by atoms with Gasteiger partial charge in [-0.15, -0.1) is 0 Å². The molecule has 0 aliphatic rings. The lowest BCUT2D eigenvalue weighted by atomic mass is 10.1. The molecular formula is C21H27ClN2O4. The number of nitrogens with one attached hydrogen (secondary N) is 1. The minimum absolute atomic E-state index is 0.170. The number of likely N-dealkylation sites (N-methyl/N-ethyl adjacent to an activating group) is 1. The number of benzene rings is 2. The van der Waals surface area contributed by atoms with Crippen molar-refractivity contribution in [2.24, 2.45) is 0 Å². The summed E-state index contributed by atoms with van der Waals surface area (Å²) in [5.41, 5.74) is 2.83. The first-order valence-corrected chi connectivity index (χ1v) is 9.31. The number of carbonyl (C=O) groups is 1. The zero-order valence-electron chi connectivity index (χ0n) is 17.0. The van der Waals surface area contributed by atoms with Crippen LogP contribution in [0.25, 0.3) is 0 Å². The quantitative estimate of drug-likeness (QED) is 0.683. The van der Waals surface area contributed by atoms with Crippen LogP contribution in [0.1, 0.15) is 11.1 Å². The Kier molecular flexibility index (Phi) is 7.96. The number of hydrogen-bond acceptors (Lipinski definition) is 5. The summed E-state index contributed by atoms with van der Waals surface area (Å²) in [5.74, 6) is 1.61. The maximum atomic E-state index is 12.4. The lowest BCUT2D eigenvalue weighted by Gasteiger charge is -2.18. The fourth-order valence-electron chi connectivity index (χ4n) is 2.81. The smallest absolute Gasteiger partial charge is 0.238 e. The van der Waals surface area contributed by atoms with Crippen molar-refractivity contribution in [3.8, 4) is 17.2 Å². The molecule has 1 N–H and O–H groups in total. The largest absolute Gasteiger partial charge is 0.495 e. The van der Waals surface area contributed by atoms with Gasteiger partial charge in [0.2, 0.25) is 5.91 Å². The molecule has 0 fully saturated rings. The second kappa shape index (κ2) is 10.2. The van der Waals surface area contributed by atoms with Gasteiger partial charge in [0.1, 0.15) is 23.9 Å². The Balaban J connectivity index is 1.87. The van der Waals surface area contributed by atoms with E-state index in [-0.39, 0.29) is 12.5 Å². The van der Waals surface area contributed by atoms with E-state index in [9.17, 15) is 4.79 Å². The highest BCUT2D eigenvalue weighted by Crippen LogP contribution is 2.35. The molecule has 0 saturated carbocycles. The Hall–Kier alpha value is -2.44. The van der Waals surface area contributed by atoms with E-state index in [0.717, 1.165) is 16.9 Å². The summed E-state index contributed by atoms with van der Waals surface area (Å²) in [6, 6.07) is 9.35. The molecule has 0 spiro atoms. The van der Waals surface area contributed by atoms with E-state index in [1.54, 1.807) is 12.1 Å². The molecule has 0 heterocycles. The van der Waals surface area contributed by atoms with Crippen molar-refractivity contribution in [1.29, 1.82) is 0 Å². The van der Waals surface area contributed by atoms with E-state index in [4.69, 9.17) is 25.8 Å². The van der Waals surface area contributed by atoms with E-state index in [0.29, 0.717) is 35.4 Å². The lowest BCUT2D eigenvalue weighted by molar-refractivity contribution is -0.117. The fraction of sp³-hybridized carbons (Fsp3) is 0.381. The summed E-state index contributed by atoms with van der Waals surface area (Å²) in [6.07, 6.45) is 0. The number of amides is 1. The zero-order valence-corrected chi connectivity index (χ0v) is 17.7. The summed E-state index contributed by atoms with van der Waals surface area (Å²) in [7, 11) is 4.90. The molecule has 0 radical (unpaired) electrons. The van der Waals surface area contributed by atoms with Crippen LogP contribution in [0.2, 0.25) is 5.02 Å². The Morgan fingerprint density at radius 1 is 1.04 bits per heavy atom. The molecule has 0 aliphatic heterocycles. The summed E-state index contributed by atoms with van der Waals surface area (Å²) in [6.45, 7) is 5.39. The Bertz CT molecular complexity index is 806. The van der Waals surface area contributed by atoms with Crippen molar-refractivity contribution in [2.45, 2.75) is 13.8 Å². The van der Waals surface area contributed by atoms with E-state index in [1.807, 2.05) is 37.9 Å². The number of methoxy groups -OCH3 is 2. The van der Waals surface area contributed by atoms with Crippen LogP contribution in [-0.2, 0) is 4.79 Å². The van der Waals surface area contributed by atoms with Gasteiger partial charge >= 0.3 is 0 Å². The average molecular weight is 407 g/mol. The van der Waals surface area contributed by atoms with Crippen LogP contribution in [0.15, 0.2) is 30.3 Å². The van der Waals surface area contributed by atoms with Crippen LogP contribution in [0, 0.1) is 13.8 Å². The molecule has 1 amide bonds. The Labute approximate surface area is 171 Å². The number of anilines is 1. The second-order valence-electron chi connectivity index (χ2n) is 6.64. The molecule has 0 saturated heterocycles. The topological polar surface area (TPSA) is 60.0 Å². The first kappa shape index (κ1) is 21.9. The number of halogens is 1. The number of carbonyl (C=O) groups excluding carboxylic acids is 1. The maximum Gasteiger partial charge on any atom is 0.238 e. The first-order valence-electron chi connectivity index (χ1n) is 8.93. The molecule has 0 atom stereocenters. The number of aryl methyl sites for hydroxylation is 2. The normalized spacial score (nSPS) is 10.7. The van der Waals surface area contributed by atoms with Crippen LogP contribution in [0.4, 0.5) is 5.69 Å². The molecule has 0 aromatic heterocycles. The summed E-state index contributed by atoms with van der Waals surface area (Å²) >= 11 is 6.09. The highest BCUT2D eigenvalue weighted by atomic mass is 35.5. The van der Waals surface area contributed by atoms with E-state index >= 15 is 0 Å². The molecule has 2 aromatic carbocycles. The number of hydrogen-bond donors (Lipinski definition) is 1. The van der Waals surface area contributed by atoms with Crippen LogP contribution >= 0.6 is 11.6 Å². The predicted octanol–water partition coefficient (Wildman–Crippen LogP) is 3.92. The van der Waals surface area contributed by atoms with Crippen LogP contribution in [0.3, 0.4) is 0 Å². The van der Waals surface area contributed by atoms with E-state index in [1.165, 1.54) is 14.2 Å². The van der Waals surface area contributed by atoms with Crippen LogP contribution < -0.4 is 19.5 Å². The SMILES string of the molecule is COc1cc(NC(=O)CN(C)CCOc2cc(C)cc(C)c2)c(OC)cc1Cl. The third kappa shape index (κ3) is 6.32. The first-order chi connectivity index (χ1) is 13.3. The minimum Gasteiger partial charge on any atom is -0.495 e. The van der Waals surface area contributed by atoms with Gasteiger partial charge in [-0.1, -0.05) is 17.7 Å². The van der Waals surface area contributed by atoms with Crippen LogP contribution in [0.5, 0.6) is 17.2 Å². The predicted molar refractivity (Wildman–Crippen MR) is 112 cm³/mol. The molecular weight excluding hydrogens is 380 g/mol. The standard InChI is InChI=1S/C21H27ClN2O4/c1-14-8-15(2)10-16(9-14)28-7-6-24(3)13-21(25)23-18-12-19(26-4)17(22)11-20(18)27-5/h8-12H,6-7,13H2,1-5H3,(H,23,25). The molecule has 28 heavy (non-hydrogen) atoms. The number of ether oxygens (including phenoxy) is 3. The molecule has 152 valence electrons. The van der Waals surface area contributed by atoms with E-state index < -0.39 is 0 Å². The Morgan fingerprint density at radius 3 is 2.29 bits per heavy atom. The van der Waals surface area contributed by atoms with Gasteiger partial charge in [-0.3, -0.25) is 9.69 Å². The van der Waals surface area contributed by atoms with Gasteiger partial charge in [0.05, 0.1) is 31.5 Å². The average Bonchev–Trinajstić information content (AvgIpc) is 2.61. The molecule has 7 heteroatoms. The van der Waals surface area contributed by atoms with Crippen molar-refractivity contribution in [1.82, 2.24) is 4.90 Å². The van der Waals surface area contributed by atoms with Crippen molar-refractivity contribution in [2.75, 3.05) is 46.3 Å². The molecule has 2 aromatic rings. The van der Waals surface area contributed by atoms with Gasteiger partial charge in [-0.25, -0.2) is 0 Å². The monoisotopic (exact) mass is 406 g/mol. The molecule has 0 unspecified atom stereocenters. The minimum atomic E-state index is -0.170. The van der Waals surface area contributed by atoms with E-state index in [2.05, 4.69) is 11.4 Å². The molecule has 0 aliphatic carbocycles. The number of rotatable bonds is 9. The van der Waals surface area contributed by atoms with Crippen molar-refractivity contribution in [3.63, 3.8) is 0 Å². The van der Waals surface area contributed by atoms with Gasteiger partial charge in [0, 0.05) is 18.7 Å². The fourth-order valence-corrected chi connectivity index (χ4v) is 3.04. The summed E-state index contributed by atoms with van der Waals surface area (Å²) < 4.78 is 16.3. The van der Waals surface area contributed by atoms with Gasteiger partial charge in [-0.2, -0.15) is 0 Å². The second-order valence-corrected chi connectivity index (χ2v) is 7.05. The van der Waals surface area contributed by atoms with Gasteiger partial charge in [0.25, 0.3) is 0 Å². The summed E-state index contributed by atoms with van der Waals surface area (Å²) in [4.78, 5) is 14.3. The highest BCUT2D eigenvalue weighted by molar-refractivity contribution is 6.32. The van der Waals surface area contributed by atoms with Gasteiger partial charge < -0.3 is 19.5 Å². The van der Waals surface area contributed by atoms with Gasteiger partial charge in [0.15, 0.2) is 0 Å². The third-order valence-electron chi connectivity index (χ3n) is 4.10. The highest BCUT2D eigenvalue weighted by Gasteiger charge is 2.14. The van der Waals surface area contributed by atoms with Crippen molar-refractivity contribution in [3.05, 3.63) is 46.5 Å². The van der Waals surface area contributed by atoms with Crippen molar-refractivity contribution < 1.29 is 19.0 Å². The molecule has 2 rings (SSSR count). The lowest BCUT2D eigenvalue weighted by Crippen LogP contribution is -2.33. The van der Waals surface area contributed by atoms with Crippen LogP contribution in [-0.4, -0.2) is 51.8 Å². The zero-order chi connectivity index (χ0) is 20.7. The van der Waals surface area contributed by atoms with Crippen molar-refractivity contribution >= 4 is 23.2 Å². The Morgan fingerprint density at radius 2 is 1.68 bits per heavy atom. The maximum absolute atomic E-state index is 12.4. The number of nitrogens with zero attached hydrogens (tertiary/aromatic N) is 1. The molecule has 0 bridgehead atoms.